The van der Waals surface area contributed by atoms with Gasteiger partial charge in [0.2, 0.25) is 0 Å². The van der Waals surface area contributed by atoms with E-state index in [9.17, 15) is 0 Å². The summed E-state index contributed by atoms with van der Waals surface area (Å²) in [5.41, 5.74) is 10.8. The Morgan fingerprint density at radius 2 is 1.12 bits per heavy atom. The summed E-state index contributed by atoms with van der Waals surface area (Å²) in [7, 11) is 0. The molecule has 0 spiro atoms. The standard InChI is InChI=1S/C48H34N4/c1-5-17-33(18-6-1)47-46-41(48-50-42-27-15-16-28-44(42)52(48)37-24-11-4-12-25-37)31-34-19-13-14-26-39(34)45(46)40-30-29-38(32-43(40)49-47)51(35-20-7-2-8-21-35)36-22-9-3-10-23-36/h1-32,48,50H. The summed E-state index contributed by atoms with van der Waals surface area (Å²) in [5, 5.41) is 9.83. The van der Waals surface area contributed by atoms with E-state index < -0.39 is 0 Å². The van der Waals surface area contributed by atoms with Crippen molar-refractivity contribution in [2.24, 2.45) is 0 Å². The summed E-state index contributed by atoms with van der Waals surface area (Å²) in [5.74, 6) is 0. The Balaban J connectivity index is 1.29. The molecule has 0 fully saturated rings. The molecule has 1 atom stereocenters. The lowest BCUT2D eigenvalue weighted by atomic mass is 9.90. The van der Waals surface area contributed by atoms with Crippen molar-refractivity contribution in [1.82, 2.24) is 4.98 Å². The molecule has 0 radical (unpaired) electrons. The molecule has 0 bridgehead atoms. The minimum absolute atomic E-state index is 0.167. The lowest BCUT2D eigenvalue weighted by Crippen LogP contribution is -2.24. The van der Waals surface area contributed by atoms with Crippen molar-refractivity contribution >= 4 is 66.6 Å². The second-order valence-corrected chi connectivity index (χ2v) is 13.2. The monoisotopic (exact) mass is 666 g/mol. The van der Waals surface area contributed by atoms with Crippen LogP contribution in [-0.4, -0.2) is 4.98 Å². The van der Waals surface area contributed by atoms with Gasteiger partial charge in [-0.15, -0.1) is 0 Å². The Hall–Kier alpha value is -6.91. The Morgan fingerprint density at radius 1 is 0.500 bits per heavy atom. The van der Waals surface area contributed by atoms with E-state index in [0.717, 1.165) is 61.7 Å². The van der Waals surface area contributed by atoms with Crippen molar-refractivity contribution in [3.05, 3.63) is 200 Å². The van der Waals surface area contributed by atoms with Crippen LogP contribution in [0.3, 0.4) is 0 Å². The molecular formula is C48H34N4. The molecular weight excluding hydrogens is 633 g/mol. The average Bonchev–Trinajstić information content (AvgIpc) is 3.61. The molecule has 1 N–H and O–H groups in total. The van der Waals surface area contributed by atoms with Crippen LogP contribution in [0.5, 0.6) is 0 Å². The summed E-state index contributed by atoms with van der Waals surface area (Å²) < 4.78 is 0. The molecule has 246 valence electrons. The summed E-state index contributed by atoms with van der Waals surface area (Å²) >= 11 is 0. The van der Waals surface area contributed by atoms with Gasteiger partial charge in [-0.3, -0.25) is 0 Å². The lowest BCUT2D eigenvalue weighted by Gasteiger charge is -2.30. The number of pyridine rings is 1. The Bertz CT molecular complexity index is 2670. The van der Waals surface area contributed by atoms with E-state index in [1.807, 2.05) is 0 Å². The summed E-state index contributed by atoms with van der Waals surface area (Å²) in [6, 6.07) is 69.0. The predicted molar refractivity (Wildman–Crippen MR) is 218 cm³/mol. The minimum Gasteiger partial charge on any atom is -0.359 e. The smallest absolute Gasteiger partial charge is 0.131 e. The number of hydrogen-bond acceptors (Lipinski definition) is 4. The molecule has 8 aromatic carbocycles. The maximum absolute atomic E-state index is 5.62. The van der Waals surface area contributed by atoms with Gasteiger partial charge in [0.05, 0.1) is 22.6 Å². The van der Waals surface area contributed by atoms with Crippen molar-refractivity contribution in [3.63, 3.8) is 0 Å². The van der Waals surface area contributed by atoms with Crippen molar-refractivity contribution in [1.29, 1.82) is 0 Å². The molecule has 10 rings (SSSR count). The van der Waals surface area contributed by atoms with Gasteiger partial charge < -0.3 is 15.1 Å². The number of para-hydroxylation sites is 5. The minimum atomic E-state index is -0.167. The van der Waals surface area contributed by atoms with E-state index in [1.54, 1.807) is 0 Å². The van der Waals surface area contributed by atoms with Crippen LogP contribution in [0, 0.1) is 0 Å². The highest BCUT2D eigenvalue weighted by Crippen LogP contribution is 2.50. The number of nitrogens with zero attached hydrogens (tertiary/aromatic N) is 3. The van der Waals surface area contributed by atoms with Crippen LogP contribution in [0.4, 0.5) is 34.1 Å². The molecule has 9 aromatic rings. The highest BCUT2D eigenvalue weighted by Gasteiger charge is 2.33. The molecule has 0 saturated carbocycles. The largest absolute Gasteiger partial charge is 0.359 e. The van der Waals surface area contributed by atoms with Crippen LogP contribution < -0.4 is 15.1 Å². The van der Waals surface area contributed by atoms with Gasteiger partial charge in [0.1, 0.15) is 6.17 Å². The first-order valence-electron chi connectivity index (χ1n) is 17.8. The van der Waals surface area contributed by atoms with Crippen LogP contribution in [0.1, 0.15) is 11.7 Å². The van der Waals surface area contributed by atoms with E-state index in [0.29, 0.717) is 0 Å². The van der Waals surface area contributed by atoms with E-state index in [2.05, 4.69) is 209 Å². The van der Waals surface area contributed by atoms with E-state index >= 15 is 0 Å². The van der Waals surface area contributed by atoms with Gasteiger partial charge in [-0.1, -0.05) is 127 Å². The van der Waals surface area contributed by atoms with Crippen LogP contribution in [0.15, 0.2) is 194 Å². The maximum atomic E-state index is 5.62. The summed E-state index contributed by atoms with van der Waals surface area (Å²) in [6.45, 7) is 0. The molecule has 4 nitrogen and oxygen atoms in total. The zero-order valence-corrected chi connectivity index (χ0v) is 28.4. The van der Waals surface area contributed by atoms with Crippen molar-refractivity contribution < 1.29 is 0 Å². The van der Waals surface area contributed by atoms with Gasteiger partial charge in [-0.25, -0.2) is 4.98 Å². The van der Waals surface area contributed by atoms with Gasteiger partial charge >= 0.3 is 0 Å². The average molecular weight is 667 g/mol. The fourth-order valence-corrected chi connectivity index (χ4v) is 7.92. The molecule has 0 aliphatic carbocycles. The zero-order valence-electron chi connectivity index (χ0n) is 28.4. The number of fused-ring (bicyclic) bond motifs is 6. The molecule has 4 heteroatoms. The van der Waals surface area contributed by atoms with Gasteiger partial charge in [-0.05, 0) is 77.5 Å². The quantitative estimate of drug-likeness (QED) is 0.179. The first-order valence-corrected chi connectivity index (χ1v) is 17.8. The first-order chi connectivity index (χ1) is 25.8. The SMILES string of the molecule is c1ccc(-c2nc3cc(N(c4ccccc4)c4ccccc4)ccc3c3c2c(C2Nc4ccccc4N2c2ccccc2)cc2ccccc23)cc1. The Kier molecular flexibility index (Phi) is 7.17. The topological polar surface area (TPSA) is 31.4 Å². The predicted octanol–water partition coefficient (Wildman–Crippen LogP) is 12.9. The third-order valence-electron chi connectivity index (χ3n) is 10.2. The van der Waals surface area contributed by atoms with E-state index in [4.69, 9.17) is 4.98 Å². The number of rotatable bonds is 6. The third kappa shape index (κ3) is 4.96. The van der Waals surface area contributed by atoms with Crippen LogP contribution >= 0.6 is 0 Å². The van der Waals surface area contributed by atoms with Gasteiger partial charge in [-0.2, -0.15) is 0 Å². The van der Waals surface area contributed by atoms with Crippen molar-refractivity contribution in [2.45, 2.75) is 6.17 Å². The number of hydrogen-bond donors (Lipinski definition) is 1. The lowest BCUT2D eigenvalue weighted by molar-refractivity contribution is 0.837. The van der Waals surface area contributed by atoms with Gasteiger partial charge in [0.25, 0.3) is 0 Å². The van der Waals surface area contributed by atoms with Gasteiger partial charge in [0.15, 0.2) is 0 Å². The molecule has 1 unspecified atom stereocenters. The van der Waals surface area contributed by atoms with Crippen molar-refractivity contribution in [2.75, 3.05) is 15.1 Å². The molecule has 1 aromatic heterocycles. The van der Waals surface area contributed by atoms with E-state index in [-0.39, 0.29) is 6.17 Å². The highest BCUT2D eigenvalue weighted by molar-refractivity contribution is 6.24. The highest BCUT2D eigenvalue weighted by atomic mass is 15.3. The molecule has 1 aliphatic heterocycles. The fraction of sp³-hybridized carbons (Fsp3) is 0.0208. The Morgan fingerprint density at radius 3 is 1.85 bits per heavy atom. The second kappa shape index (κ2) is 12.4. The summed E-state index contributed by atoms with van der Waals surface area (Å²) in [6.07, 6.45) is -0.167. The second-order valence-electron chi connectivity index (χ2n) is 13.2. The van der Waals surface area contributed by atoms with Gasteiger partial charge in [0, 0.05) is 50.0 Å². The first kappa shape index (κ1) is 30.0. The fourth-order valence-electron chi connectivity index (χ4n) is 7.92. The van der Waals surface area contributed by atoms with Crippen LogP contribution in [0.25, 0.3) is 43.7 Å². The zero-order chi connectivity index (χ0) is 34.4. The maximum Gasteiger partial charge on any atom is 0.131 e. The van der Waals surface area contributed by atoms with E-state index in [1.165, 1.54) is 21.7 Å². The molecule has 2 heterocycles. The van der Waals surface area contributed by atoms with Crippen LogP contribution in [0.2, 0.25) is 0 Å². The number of benzene rings is 8. The summed E-state index contributed by atoms with van der Waals surface area (Å²) in [4.78, 5) is 10.4. The van der Waals surface area contributed by atoms with Crippen LogP contribution in [-0.2, 0) is 0 Å². The normalized spacial score (nSPS) is 13.7. The number of nitrogens with one attached hydrogen (secondary N) is 1. The molecule has 0 saturated heterocycles. The van der Waals surface area contributed by atoms with Crippen molar-refractivity contribution in [3.8, 4) is 11.3 Å². The molecule has 0 amide bonds. The Labute approximate surface area is 302 Å². The third-order valence-corrected chi connectivity index (χ3v) is 10.2. The number of anilines is 6. The molecule has 52 heavy (non-hydrogen) atoms. The number of aromatic nitrogens is 1. The molecule has 1 aliphatic rings.